The van der Waals surface area contributed by atoms with Gasteiger partial charge in [-0.2, -0.15) is 0 Å². The molecule has 0 saturated heterocycles. The molecule has 1 aromatic carbocycles. The Morgan fingerprint density at radius 3 is 2.75 bits per heavy atom. The van der Waals surface area contributed by atoms with Gasteiger partial charge < -0.3 is 10.3 Å². The smallest absolute Gasteiger partial charge is 0.250 e. The fourth-order valence-electron chi connectivity index (χ4n) is 3.31. The van der Waals surface area contributed by atoms with Crippen LogP contribution in [0.25, 0.3) is 20.7 Å². The number of carbonyl (C=O) groups is 1. The largest absolute Gasteiger partial charge is 0.366 e. The molecule has 0 atom stereocenters. The molecule has 1 amide bonds. The second kappa shape index (κ2) is 5.64. The third-order valence-electron chi connectivity index (χ3n) is 4.90. The van der Waals surface area contributed by atoms with E-state index in [1.807, 2.05) is 25.1 Å². The highest BCUT2D eigenvalue weighted by molar-refractivity contribution is 7.22. The minimum Gasteiger partial charge on any atom is -0.366 e. The molecule has 1 fully saturated rings. The number of carbonyl (C=O) groups excluding carboxylic acids is 1. The molecule has 0 radical (unpaired) electrons. The number of nitrogens with zero attached hydrogens (tertiary/aromatic N) is 1. The lowest BCUT2D eigenvalue weighted by molar-refractivity contribution is 0.0999. The van der Waals surface area contributed by atoms with Gasteiger partial charge in [0.1, 0.15) is 0 Å². The van der Waals surface area contributed by atoms with Crippen LogP contribution in [-0.2, 0) is 6.54 Å². The highest BCUT2D eigenvalue weighted by Crippen LogP contribution is 2.42. The van der Waals surface area contributed by atoms with Gasteiger partial charge in [-0.25, -0.2) is 0 Å². The molecule has 24 heavy (non-hydrogen) atoms. The number of rotatable bonds is 4. The van der Waals surface area contributed by atoms with E-state index in [0.29, 0.717) is 5.56 Å². The Bertz CT molecular complexity index is 966. The normalized spacial score (nSPS) is 14.5. The topological polar surface area (TPSA) is 48.0 Å². The Labute approximate surface area is 150 Å². The number of aromatic nitrogens is 1. The summed E-state index contributed by atoms with van der Waals surface area (Å²) in [7, 11) is 0. The van der Waals surface area contributed by atoms with E-state index in [1.54, 1.807) is 11.3 Å². The minimum atomic E-state index is -0.356. The van der Waals surface area contributed by atoms with Crippen LogP contribution in [0.1, 0.15) is 34.5 Å². The maximum atomic E-state index is 11.8. The highest BCUT2D eigenvalue weighted by Gasteiger charge is 2.26. The standard InChI is InChI=1S/C19H19ClN2OS/c1-10-14-7-13(20)5-6-17(14)24-18(10)16-8-15(19(21)23)11(2)22(16)9-12-3-4-12/h5-8,12H,3-4,9H2,1-2H3,(H2,21,23). The summed E-state index contributed by atoms with van der Waals surface area (Å²) in [5, 5.41) is 1.93. The van der Waals surface area contributed by atoms with Gasteiger partial charge in [-0.3, -0.25) is 4.79 Å². The number of fused-ring (bicyclic) bond motifs is 1. The van der Waals surface area contributed by atoms with Crippen molar-refractivity contribution in [2.45, 2.75) is 33.2 Å². The first-order chi connectivity index (χ1) is 11.5. The van der Waals surface area contributed by atoms with Crippen LogP contribution in [-0.4, -0.2) is 10.5 Å². The summed E-state index contributed by atoms with van der Waals surface area (Å²) in [4.78, 5) is 13.0. The van der Waals surface area contributed by atoms with Crippen LogP contribution in [0.3, 0.4) is 0 Å². The van der Waals surface area contributed by atoms with Gasteiger partial charge in [0.25, 0.3) is 5.91 Å². The predicted molar refractivity (Wildman–Crippen MR) is 101 cm³/mol. The van der Waals surface area contributed by atoms with Gasteiger partial charge in [0.2, 0.25) is 0 Å². The number of benzene rings is 1. The van der Waals surface area contributed by atoms with E-state index in [2.05, 4.69) is 17.6 Å². The first kappa shape index (κ1) is 15.7. The van der Waals surface area contributed by atoms with Gasteiger partial charge in [0, 0.05) is 22.0 Å². The average molecular weight is 359 g/mol. The molecule has 1 aliphatic rings. The fourth-order valence-corrected chi connectivity index (χ4v) is 4.70. The van der Waals surface area contributed by atoms with E-state index < -0.39 is 0 Å². The Balaban J connectivity index is 1.93. The van der Waals surface area contributed by atoms with Gasteiger partial charge in [-0.1, -0.05) is 11.6 Å². The van der Waals surface area contributed by atoms with Crippen molar-refractivity contribution in [3.63, 3.8) is 0 Å². The monoisotopic (exact) mass is 358 g/mol. The van der Waals surface area contributed by atoms with Crippen molar-refractivity contribution in [2.24, 2.45) is 11.7 Å². The number of hydrogen-bond acceptors (Lipinski definition) is 2. The van der Waals surface area contributed by atoms with Crippen molar-refractivity contribution in [1.29, 1.82) is 0 Å². The van der Waals surface area contributed by atoms with Crippen LogP contribution in [0.5, 0.6) is 0 Å². The van der Waals surface area contributed by atoms with Crippen LogP contribution >= 0.6 is 22.9 Å². The van der Waals surface area contributed by atoms with Gasteiger partial charge >= 0.3 is 0 Å². The van der Waals surface area contributed by atoms with E-state index in [1.165, 1.54) is 33.4 Å². The zero-order chi connectivity index (χ0) is 17.0. The molecular weight excluding hydrogens is 340 g/mol. The van der Waals surface area contributed by atoms with E-state index in [9.17, 15) is 4.79 Å². The van der Waals surface area contributed by atoms with Crippen LogP contribution in [0.15, 0.2) is 24.3 Å². The Hall–Kier alpha value is -1.78. The van der Waals surface area contributed by atoms with Crippen molar-refractivity contribution in [2.75, 3.05) is 0 Å². The Morgan fingerprint density at radius 1 is 1.33 bits per heavy atom. The second-order valence-electron chi connectivity index (χ2n) is 6.64. The van der Waals surface area contributed by atoms with Crippen LogP contribution in [0.2, 0.25) is 5.02 Å². The summed E-state index contributed by atoms with van der Waals surface area (Å²) < 4.78 is 3.49. The zero-order valence-electron chi connectivity index (χ0n) is 13.7. The minimum absolute atomic E-state index is 0.356. The van der Waals surface area contributed by atoms with E-state index in [4.69, 9.17) is 17.3 Å². The van der Waals surface area contributed by atoms with Gasteiger partial charge in [-0.05, 0) is 67.8 Å². The molecule has 3 aromatic rings. The Kier molecular flexibility index (Phi) is 3.70. The number of primary amides is 1. The van der Waals surface area contributed by atoms with Gasteiger partial charge in [-0.15, -0.1) is 11.3 Å². The highest BCUT2D eigenvalue weighted by atomic mass is 35.5. The molecule has 0 unspecified atom stereocenters. The molecule has 2 aromatic heterocycles. The van der Waals surface area contributed by atoms with Crippen LogP contribution in [0, 0.1) is 19.8 Å². The predicted octanol–water partition coefficient (Wildman–Crippen LogP) is 5.15. The lowest BCUT2D eigenvalue weighted by Crippen LogP contribution is -2.12. The molecule has 2 heterocycles. The number of halogens is 1. The number of thiophene rings is 1. The number of amides is 1. The molecule has 0 spiro atoms. The van der Waals surface area contributed by atoms with Gasteiger partial charge in [0.05, 0.1) is 16.1 Å². The quantitative estimate of drug-likeness (QED) is 0.688. The maximum absolute atomic E-state index is 11.8. The first-order valence-corrected chi connectivity index (χ1v) is 9.34. The molecule has 4 rings (SSSR count). The van der Waals surface area contributed by atoms with E-state index in [-0.39, 0.29) is 5.91 Å². The van der Waals surface area contributed by atoms with Crippen molar-refractivity contribution in [3.8, 4) is 10.6 Å². The summed E-state index contributed by atoms with van der Waals surface area (Å²) >= 11 is 7.91. The molecule has 1 aliphatic carbocycles. The molecule has 124 valence electrons. The molecule has 3 nitrogen and oxygen atoms in total. The summed E-state index contributed by atoms with van der Waals surface area (Å²) in [6, 6.07) is 7.96. The lowest BCUT2D eigenvalue weighted by Gasteiger charge is -2.11. The zero-order valence-corrected chi connectivity index (χ0v) is 15.3. The van der Waals surface area contributed by atoms with Crippen molar-refractivity contribution < 1.29 is 4.79 Å². The summed E-state index contributed by atoms with van der Waals surface area (Å²) in [5.74, 6) is 0.366. The molecule has 5 heteroatoms. The number of aryl methyl sites for hydroxylation is 1. The Morgan fingerprint density at radius 2 is 2.08 bits per heavy atom. The van der Waals surface area contributed by atoms with Gasteiger partial charge in [0.15, 0.2) is 0 Å². The summed E-state index contributed by atoms with van der Waals surface area (Å²) in [6.45, 7) is 5.08. The molecule has 2 N–H and O–H groups in total. The average Bonchev–Trinajstić information content (AvgIpc) is 3.23. The van der Waals surface area contributed by atoms with E-state index in [0.717, 1.165) is 28.9 Å². The van der Waals surface area contributed by atoms with Crippen molar-refractivity contribution >= 4 is 38.9 Å². The van der Waals surface area contributed by atoms with Crippen molar-refractivity contribution in [3.05, 3.63) is 46.1 Å². The number of nitrogens with two attached hydrogens (primary N) is 1. The maximum Gasteiger partial charge on any atom is 0.250 e. The molecule has 0 aliphatic heterocycles. The third-order valence-corrected chi connectivity index (χ3v) is 6.43. The molecular formula is C19H19ClN2OS. The lowest BCUT2D eigenvalue weighted by atomic mass is 10.1. The number of hydrogen-bond donors (Lipinski definition) is 1. The van der Waals surface area contributed by atoms with Crippen molar-refractivity contribution in [1.82, 2.24) is 4.57 Å². The first-order valence-electron chi connectivity index (χ1n) is 8.14. The SMILES string of the molecule is Cc1c(-c2cc(C(N)=O)c(C)n2CC2CC2)sc2ccc(Cl)cc12. The van der Waals surface area contributed by atoms with Crippen LogP contribution in [0.4, 0.5) is 0 Å². The fraction of sp³-hybridized carbons (Fsp3) is 0.316. The second-order valence-corrected chi connectivity index (χ2v) is 8.13. The summed E-state index contributed by atoms with van der Waals surface area (Å²) in [6.07, 6.45) is 2.54. The third kappa shape index (κ3) is 2.54. The molecule has 1 saturated carbocycles. The van der Waals surface area contributed by atoms with Crippen LogP contribution < -0.4 is 5.73 Å². The van der Waals surface area contributed by atoms with E-state index >= 15 is 0 Å². The summed E-state index contributed by atoms with van der Waals surface area (Å²) in [5.41, 5.74) is 9.50. The molecule has 0 bridgehead atoms.